The molecular formula is C16H19N3O. The molecule has 0 unspecified atom stereocenters. The van der Waals surface area contributed by atoms with Crippen LogP contribution in [0.25, 0.3) is 11.1 Å². The fourth-order valence-electron chi connectivity index (χ4n) is 2.74. The van der Waals surface area contributed by atoms with Gasteiger partial charge in [0, 0.05) is 23.4 Å². The number of nitrogens with zero attached hydrogens (tertiary/aromatic N) is 1. The number of nitrogens with one attached hydrogen (secondary N) is 2. The maximum Gasteiger partial charge on any atom is 0.251 e. The van der Waals surface area contributed by atoms with Crippen LogP contribution in [0.1, 0.15) is 42.5 Å². The van der Waals surface area contributed by atoms with E-state index in [2.05, 4.69) is 15.5 Å². The Morgan fingerprint density at radius 3 is 2.50 bits per heavy atom. The van der Waals surface area contributed by atoms with Crippen molar-refractivity contribution in [2.45, 2.75) is 38.1 Å². The van der Waals surface area contributed by atoms with Crippen LogP contribution >= 0.6 is 0 Å². The molecule has 1 fully saturated rings. The van der Waals surface area contributed by atoms with E-state index in [0.29, 0.717) is 6.04 Å². The van der Waals surface area contributed by atoms with Crippen molar-refractivity contribution in [2.75, 3.05) is 0 Å². The number of hydrogen-bond acceptors (Lipinski definition) is 2. The van der Waals surface area contributed by atoms with Crippen LogP contribution in [-0.4, -0.2) is 22.1 Å². The number of carbonyl (C=O) groups is 1. The second kappa shape index (κ2) is 5.90. The normalized spacial score (nSPS) is 16.0. The molecule has 1 aromatic carbocycles. The Kier molecular flexibility index (Phi) is 3.81. The third kappa shape index (κ3) is 2.90. The standard InChI is InChI=1S/C16H19N3O/c20-16(19-15-4-2-1-3-5-15)13-8-6-12(7-9-13)14-10-17-18-11-14/h6-11,15H,1-5H2,(H,17,18)(H,19,20). The molecule has 2 aromatic rings. The Labute approximate surface area is 118 Å². The lowest BCUT2D eigenvalue weighted by Gasteiger charge is -2.22. The lowest BCUT2D eigenvalue weighted by Crippen LogP contribution is -2.36. The van der Waals surface area contributed by atoms with E-state index in [1.54, 1.807) is 6.20 Å². The molecule has 1 aliphatic rings. The number of aromatic amines is 1. The molecular weight excluding hydrogens is 250 g/mol. The van der Waals surface area contributed by atoms with E-state index >= 15 is 0 Å². The molecule has 1 aliphatic carbocycles. The van der Waals surface area contributed by atoms with Crippen LogP contribution in [0.4, 0.5) is 0 Å². The number of hydrogen-bond donors (Lipinski definition) is 2. The van der Waals surface area contributed by atoms with Crippen molar-refractivity contribution in [3.8, 4) is 11.1 Å². The van der Waals surface area contributed by atoms with Crippen LogP contribution < -0.4 is 5.32 Å². The smallest absolute Gasteiger partial charge is 0.251 e. The Balaban J connectivity index is 1.66. The molecule has 1 saturated carbocycles. The largest absolute Gasteiger partial charge is 0.349 e. The van der Waals surface area contributed by atoms with Crippen molar-refractivity contribution < 1.29 is 4.79 Å². The van der Waals surface area contributed by atoms with Crippen LogP contribution in [0.2, 0.25) is 0 Å². The average molecular weight is 269 g/mol. The molecule has 0 saturated heterocycles. The number of H-pyrrole nitrogens is 1. The first-order valence-corrected chi connectivity index (χ1v) is 7.23. The van der Waals surface area contributed by atoms with Gasteiger partial charge in [-0.15, -0.1) is 0 Å². The lowest BCUT2D eigenvalue weighted by atomic mass is 9.95. The molecule has 0 bridgehead atoms. The monoisotopic (exact) mass is 269 g/mol. The molecule has 0 aliphatic heterocycles. The summed E-state index contributed by atoms with van der Waals surface area (Å²) < 4.78 is 0. The van der Waals surface area contributed by atoms with Crippen LogP contribution in [-0.2, 0) is 0 Å². The minimum atomic E-state index is 0.0376. The van der Waals surface area contributed by atoms with Gasteiger partial charge in [-0.1, -0.05) is 31.4 Å². The number of aromatic nitrogens is 2. The van der Waals surface area contributed by atoms with Crippen molar-refractivity contribution in [2.24, 2.45) is 0 Å². The number of carbonyl (C=O) groups excluding carboxylic acids is 1. The van der Waals surface area contributed by atoms with Crippen LogP contribution in [0, 0.1) is 0 Å². The second-order valence-corrected chi connectivity index (χ2v) is 5.37. The molecule has 20 heavy (non-hydrogen) atoms. The van der Waals surface area contributed by atoms with Gasteiger partial charge in [0.1, 0.15) is 0 Å². The van der Waals surface area contributed by atoms with E-state index in [9.17, 15) is 4.79 Å². The topological polar surface area (TPSA) is 57.8 Å². The Bertz CT molecular complexity index is 554. The van der Waals surface area contributed by atoms with Gasteiger partial charge >= 0.3 is 0 Å². The first-order valence-electron chi connectivity index (χ1n) is 7.23. The lowest BCUT2D eigenvalue weighted by molar-refractivity contribution is 0.0928. The molecule has 104 valence electrons. The summed E-state index contributed by atoms with van der Waals surface area (Å²) in [4.78, 5) is 12.2. The van der Waals surface area contributed by atoms with E-state index in [1.807, 2.05) is 30.5 Å². The van der Waals surface area contributed by atoms with Gasteiger partial charge in [-0.2, -0.15) is 5.10 Å². The minimum absolute atomic E-state index is 0.0376. The van der Waals surface area contributed by atoms with Crippen molar-refractivity contribution in [3.63, 3.8) is 0 Å². The zero-order valence-electron chi connectivity index (χ0n) is 11.4. The molecule has 1 heterocycles. The SMILES string of the molecule is O=C(NC1CCCCC1)c1ccc(-c2cn[nH]c2)cc1. The first kappa shape index (κ1) is 12.9. The van der Waals surface area contributed by atoms with Gasteiger partial charge in [-0.3, -0.25) is 9.89 Å². The molecule has 0 radical (unpaired) electrons. The third-order valence-corrected chi connectivity index (χ3v) is 3.92. The molecule has 1 aromatic heterocycles. The predicted octanol–water partition coefficient (Wildman–Crippen LogP) is 3.14. The summed E-state index contributed by atoms with van der Waals surface area (Å²) in [6, 6.07) is 8.02. The summed E-state index contributed by atoms with van der Waals surface area (Å²) in [5, 5.41) is 9.85. The van der Waals surface area contributed by atoms with Crippen LogP contribution in [0.15, 0.2) is 36.7 Å². The summed E-state index contributed by atoms with van der Waals surface area (Å²) in [5.41, 5.74) is 2.82. The highest BCUT2D eigenvalue weighted by atomic mass is 16.1. The molecule has 1 amide bonds. The Morgan fingerprint density at radius 2 is 1.85 bits per heavy atom. The van der Waals surface area contributed by atoms with E-state index < -0.39 is 0 Å². The fourth-order valence-corrected chi connectivity index (χ4v) is 2.74. The van der Waals surface area contributed by atoms with Crippen molar-refractivity contribution in [1.29, 1.82) is 0 Å². The number of benzene rings is 1. The van der Waals surface area contributed by atoms with E-state index in [4.69, 9.17) is 0 Å². The molecule has 4 heteroatoms. The molecule has 2 N–H and O–H groups in total. The zero-order valence-corrected chi connectivity index (χ0v) is 11.4. The fraction of sp³-hybridized carbons (Fsp3) is 0.375. The van der Waals surface area contributed by atoms with Gasteiger partial charge in [0.05, 0.1) is 6.20 Å². The maximum absolute atomic E-state index is 12.2. The predicted molar refractivity (Wildman–Crippen MR) is 78.4 cm³/mol. The highest BCUT2D eigenvalue weighted by Crippen LogP contribution is 2.20. The molecule has 0 spiro atoms. The van der Waals surface area contributed by atoms with Gasteiger partial charge in [0.2, 0.25) is 0 Å². The van der Waals surface area contributed by atoms with E-state index in [1.165, 1.54) is 19.3 Å². The molecule has 3 rings (SSSR count). The van der Waals surface area contributed by atoms with Gasteiger partial charge in [-0.25, -0.2) is 0 Å². The summed E-state index contributed by atoms with van der Waals surface area (Å²) in [6.45, 7) is 0. The Hall–Kier alpha value is -2.10. The molecule has 4 nitrogen and oxygen atoms in total. The second-order valence-electron chi connectivity index (χ2n) is 5.37. The summed E-state index contributed by atoms with van der Waals surface area (Å²) in [5.74, 6) is 0.0376. The van der Waals surface area contributed by atoms with Crippen LogP contribution in [0.3, 0.4) is 0 Å². The highest BCUT2D eigenvalue weighted by Gasteiger charge is 2.16. The third-order valence-electron chi connectivity index (χ3n) is 3.92. The van der Waals surface area contributed by atoms with Gasteiger partial charge < -0.3 is 5.32 Å². The minimum Gasteiger partial charge on any atom is -0.349 e. The quantitative estimate of drug-likeness (QED) is 0.899. The van der Waals surface area contributed by atoms with Crippen molar-refractivity contribution in [3.05, 3.63) is 42.2 Å². The maximum atomic E-state index is 12.2. The average Bonchev–Trinajstić information content (AvgIpc) is 3.03. The van der Waals surface area contributed by atoms with Crippen molar-refractivity contribution >= 4 is 5.91 Å². The van der Waals surface area contributed by atoms with Gasteiger partial charge in [0.15, 0.2) is 0 Å². The molecule has 0 atom stereocenters. The highest BCUT2D eigenvalue weighted by molar-refractivity contribution is 5.94. The first-order chi connectivity index (χ1) is 9.83. The van der Waals surface area contributed by atoms with Crippen LogP contribution in [0.5, 0.6) is 0 Å². The summed E-state index contributed by atoms with van der Waals surface area (Å²) >= 11 is 0. The summed E-state index contributed by atoms with van der Waals surface area (Å²) in [6.07, 6.45) is 9.59. The van der Waals surface area contributed by atoms with Crippen molar-refractivity contribution in [1.82, 2.24) is 15.5 Å². The van der Waals surface area contributed by atoms with E-state index in [0.717, 1.165) is 29.5 Å². The van der Waals surface area contributed by atoms with E-state index in [-0.39, 0.29) is 5.91 Å². The van der Waals surface area contributed by atoms with Gasteiger partial charge in [-0.05, 0) is 30.5 Å². The zero-order chi connectivity index (χ0) is 13.8. The van der Waals surface area contributed by atoms with Gasteiger partial charge in [0.25, 0.3) is 5.91 Å². The Morgan fingerprint density at radius 1 is 1.10 bits per heavy atom. The summed E-state index contributed by atoms with van der Waals surface area (Å²) in [7, 11) is 0. The number of rotatable bonds is 3. The number of amides is 1.